The maximum atomic E-state index is 12.0. The first-order chi connectivity index (χ1) is 12.6. The number of hydrogen-bond acceptors (Lipinski definition) is 2. The highest BCUT2D eigenvalue weighted by Gasteiger charge is 2.04. The number of rotatable bonds is 6. The number of hydrogen-bond donors (Lipinski definition) is 2. The van der Waals surface area contributed by atoms with E-state index in [2.05, 4.69) is 16.7 Å². The second-order valence-corrected chi connectivity index (χ2v) is 6.37. The van der Waals surface area contributed by atoms with E-state index in [0.29, 0.717) is 13.2 Å². The number of aryl methyl sites for hydroxylation is 2. The number of urea groups is 1. The average Bonchev–Trinajstić information content (AvgIpc) is 2.63. The van der Waals surface area contributed by atoms with Gasteiger partial charge in [-0.25, -0.2) is 4.79 Å². The number of ether oxygens (including phenoxy) is 1. The van der Waals surface area contributed by atoms with E-state index in [1.54, 1.807) is 0 Å². The van der Waals surface area contributed by atoms with Gasteiger partial charge in [0.15, 0.2) is 0 Å². The first-order valence-electron chi connectivity index (χ1n) is 8.86. The molecule has 0 atom stereocenters. The molecule has 0 aliphatic carbocycles. The van der Waals surface area contributed by atoms with Gasteiger partial charge in [-0.2, -0.15) is 0 Å². The van der Waals surface area contributed by atoms with Crippen molar-refractivity contribution in [3.05, 3.63) is 71.8 Å². The zero-order valence-corrected chi connectivity index (χ0v) is 15.2. The molecule has 4 nitrogen and oxygen atoms in total. The Balaban J connectivity index is 1.42. The summed E-state index contributed by atoms with van der Waals surface area (Å²) >= 11 is 0. The first kappa shape index (κ1) is 17.8. The normalized spacial score (nSPS) is 10.5. The lowest BCUT2D eigenvalue weighted by atomic mass is 10.1. The molecule has 26 heavy (non-hydrogen) atoms. The van der Waals surface area contributed by atoms with Crippen molar-refractivity contribution in [3.8, 4) is 5.75 Å². The van der Waals surface area contributed by atoms with Crippen LogP contribution in [0.3, 0.4) is 0 Å². The molecule has 3 aromatic carbocycles. The van der Waals surface area contributed by atoms with Gasteiger partial charge in [-0.1, -0.05) is 48.5 Å². The molecule has 0 unspecified atom stereocenters. The third-order valence-electron chi connectivity index (χ3n) is 4.27. The summed E-state index contributed by atoms with van der Waals surface area (Å²) < 4.78 is 5.84. The second-order valence-electron chi connectivity index (χ2n) is 6.37. The number of carbonyl (C=O) groups excluding carboxylic acids is 1. The maximum Gasteiger partial charge on any atom is 0.319 e. The standard InChI is InChI=1S/C22H24N2O2/c1-16-7-5-8-17(2)21(16)26-14-6-13-23-22(25)24-20-12-11-18-9-3-4-10-19(18)15-20/h3-5,7-12,15H,6,13-14H2,1-2H3,(H2,23,24,25). The topological polar surface area (TPSA) is 50.4 Å². The molecule has 0 aliphatic heterocycles. The van der Waals surface area contributed by atoms with Gasteiger partial charge in [0.2, 0.25) is 0 Å². The Kier molecular flexibility index (Phi) is 5.74. The molecule has 3 aromatic rings. The van der Waals surface area contributed by atoms with E-state index in [-0.39, 0.29) is 6.03 Å². The molecule has 0 bridgehead atoms. The van der Waals surface area contributed by atoms with Crippen molar-refractivity contribution in [2.45, 2.75) is 20.3 Å². The molecule has 3 rings (SSSR count). The van der Waals surface area contributed by atoms with E-state index >= 15 is 0 Å². The molecule has 0 fully saturated rings. The molecular formula is C22H24N2O2. The number of para-hydroxylation sites is 1. The van der Waals surface area contributed by atoms with Crippen molar-refractivity contribution >= 4 is 22.5 Å². The number of amides is 2. The van der Waals surface area contributed by atoms with Crippen LogP contribution in [0.5, 0.6) is 5.75 Å². The van der Waals surface area contributed by atoms with Crippen molar-refractivity contribution in [1.29, 1.82) is 0 Å². The van der Waals surface area contributed by atoms with Gasteiger partial charge in [0.05, 0.1) is 6.61 Å². The van der Waals surface area contributed by atoms with Crippen molar-refractivity contribution < 1.29 is 9.53 Å². The molecular weight excluding hydrogens is 324 g/mol. The van der Waals surface area contributed by atoms with Crippen LogP contribution in [0.25, 0.3) is 10.8 Å². The van der Waals surface area contributed by atoms with Gasteiger partial charge in [-0.05, 0) is 54.3 Å². The number of fused-ring (bicyclic) bond motifs is 1. The summed E-state index contributed by atoms with van der Waals surface area (Å²) in [5.74, 6) is 0.938. The van der Waals surface area contributed by atoms with Gasteiger partial charge < -0.3 is 15.4 Å². The van der Waals surface area contributed by atoms with Crippen LogP contribution in [-0.2, 0) is 0 Å². The van der Waals surface area contributed by atoms with Crippen molar-refractivity contribution in [1.82, 2.24) is 5.32 Å². The zero-order valence-electron chi connectivity index (χ0n) is 15.2. The van der Waals surface area contributed by atoms with E-state index in [4.69, 9.17) is 4.74 Å². The average molecular weight is 348 g/mol. The Labute approximate surface area is 154 Å². The summed E-state index contributed by atoms with van der Waals surface area (Å²) in [6.07, 6.45) is 0.749. The summed E-state index contributed by atoms with van der Waals surface area (Å²) in [4.78, 5) is 12.0. The van der Waals surface area contributed by atoms with Gasteiger partial charge in [0.1, 0.15) is 5.75 Å². The largest absolute Gasteiger partial charge is 0.493 e. The highest BCUT2D eigenvalue weighted by Crippen LogP contribution is 2.22. The molecule has 4 heteroatoms. The lowest BCUT2D eigenvalue weighted by Gasteiger charge is -2.12. The summed E-state index contributed by atoms with van der Waals surface area (Å²) in [5, 5.41) is 7.99. The van der Waals surface area contributed by atoms with E-state index < -0.39 is 0 Å². The van der Waals surface area contributed by atoms with Crippen LogP contribution in [0.1, 0.15) is 17.5 Å². The Morgan fingerprint density at radius 3 is 2.42 bits per heavy atom. The van der Waals surface area contributed by atoms with Crippen LogP contribution in [0, 0.1) is 13.8 Å². The lowest BCUT2D eigenvalue weighted by Crippen LogP contribution is -2.30. The molecule has 0 saturated carbocycles. The number of benzene rings is 3. The Hall–Kier alpha value is -3.01. The third kappa shape index (κ3) is 4.54. The minimum absolute atomic E-state index is 0.202. The number of carbonyl (C=O) groups is 1. The van der Waals surface area contributed by atoms with Crippen LogP contribution >= 0.6 is 0 Å². The Morgan fingerprint density at radius 1 is 0.923 bits per heavy atom. The zero-order chi connectivity index (χ0) is 18.4. The minimum atomic E-state index is -0.202. The molecule has 2 amide bonds. The SMILES string of the molecule is Cc1cccc(C)c1OCCCNC(=O)Nc1ccc2ccccc2c1. The van der Waals surface area contributed by atoms with Crippen molar-refractivity contribution in [2.24, 2.45) is 0 Å². The molecule has 134 valence electrons. The highest BCUT2D eigenvalue weighted by atomic mass is 16.5. The molecule has 0 aliphatic rings. The first-order valence-corrected chi connectivity index (χ1v) is 8.86. The molecule has 0 spiro atoms. The predicted octanol–water partition coefficient (Wildman–Crippen LogP) is 5.05. The smallest absolute Gasteiger partial charge is 0.319 e. The van der Waals surface area contributed by atoms with E-state index in [1.807, 2.05) is 68.4 Å². The Morgan fingerprint density at radius 2 is 1.65 bits per heavy atom. The summed E-state index contributed by atoms with van der Waals surface area (Å²) in [7, 11) is 0. The van der Waals surface area contributed by atoms with Crippen LogP contribution in [0.2, 0.25) is 0 Å². The molecule has 0 saturated heterocycles. The number of anilines is 1. The predicted molar refractivity (Wildman–Crippen MR) is 107 cm³/mol. The lowest BCUT2D eigenvalue weighted by molar-refractivity contribution is 0.250. The second kappa shape index (κ2) is 8.39. The summed E-state index contributed by atoms with van der Waals surface area (Å²) in [6, 6.07) is 19.9. The summed E-state index contributed by atoms with van der Waals surface area (Å²) in [6.45, 7) is 5.21. The number of nitrogens with one attached hydrogen (secondary N) is 2. The van der Waals surface area contributed by atoms with Crippen molar-refractivity contribution in [2.75, 3.05) is 18.5 Å². The van der Waals surface area contributed by atoms with Gasteiger partial charge in [-0.15, -0.1) is 0 Å². The fourth-order valence-corrected chi connectivity index (χ4v) is 2.92. The van der Waals surface area contributed by atoms with E-state index in [9.17, 15) is 4.79 Å². The van der Waals surface area contributed by atoms with Gasteiger partial charge in [0, 0.05) is 12.2 Å². The molecule has 0 radical (unpaired) electrons. The monoisotopic (exact) mass is 348 g/mol. The fraction of sp³-hybridized carbons (Fsp3) is 0.227. The quantitative estimate of drug-likeness (QED) is 0.613. The third-order valence-corrected chi connectivity index (χ3v) is 4.27. The van der Waals surface area contributed by atoms with Crippen LogP contribution < -0.4 is 15.4 Å². The van der Waals surface area contributed by atoms with Crippen LogP contribution in [0.15, 0.2) is 60.7 Å². The van der Waals surface area contributed by atoms with Crippen molar-refractivity contribution in [3.63, 3.8) is 0 Å². The van der Waals surface area contributed by atoms with E-state index in [0.717, 1.165) is 39.8 Å². The Bertz CT molecular complexity index is 885. The van der Waals surface area contributed by atoms with Gasteiger partial charge >= 0.3 is 6.03 Å². The van der Waals surface area contributed by atoms with E-state index in [1.165, 1.54) is 0 Å². The summed E-state index contributed by atoms with van der Waals surface area (Å²) in [5.41, 5.74) is 3.05. The van der Waals surface area contributed by atoms with Crippen LogP contribution in [-0.4, -0.2) is 19.2 Å². The fourth-order valence-electron chi connectivity index (χ4n) is 2.92. The molecule has 2 N–H and O–H groups in total. The van der Waals surface area contributed by atoms with Gasteiger partial charge in [0.25, 0.3) is 0 Å². The van der Waals surface area contributed by atoms with Crippen LogP contribution in [0.4, 0.5) is 10.5 Å². The highest BCUT2D eigenvalue weighted by molar-refractivity contribution is 5.93. The maximum absolute atomic E-state index is 12.0. The minimum Gasteiger partial charge on any atom is -0.493 e. The molecule has 0 heterocycles. The van der Waals surface area contributed by atoms with Gasteiger partial charge in [-0.3, -0.25) is 0 Å². The molecule has 0 aromatic heterocycles.